The summed E-state index contributed by atoms with van der Waals surface area (Å²) in [4.78, 5) is 20.1. The quantitative estimate of drug-likeness (QED) is 0.321. The molecule has 0 saturated heterocycles. The van der Waals surface area contributed by atoms with E-state index in [1.165, 1.54) is 19.3 Å². The first-order chi connectivity index (χ1) is 15.1. The molecule has 1 amide bonds. The van der Waals surface area contributed by atoms with Gasteiger partial charge in [0.05, 0.1) is 10.6 Å². The van der Waals surface area contributed by atoms with Gasteiger partial charge in [-0.15, -0.1) is 21.5 Å². The van der Waals surface area contributed by atoms with Crippen molar-refractivity contribution in [1.82, 2.24) is 15.2 Å². The maximum Gasteiger partial charge on any atom is 0.247 e. The standard InChI is InChI=1S/C23H26N4O2S2/c1-4-5-6-9-13-31-23-24-21-19(25-26-23)17-10-7-8-11-18(17)27(16(3)28)22(29-21)20-15(2)12-14-30-20/h7-8,10-12,14,22H,4-6,9,13H2,1-3H3. The van der Waals surface area contributed by atoms with Crippen LogP contribution in [0.1, 0.15) is 56.2 Å². The maximum absolute atomic E-state index is 12.8. The summed E-state index contributed by atoms with van der Waals surface area (Å²) in [5.74, 6) is 1.26. The molecule has 0 radical (unpaired) electrons. The zero-order valence-corrected chi connectivity index (χ0v) is 19.6. The van der Waals surface area contributed by atoms with Crippen molar-refractivity contribution >= 4 is 34.7 Å². The first-order valence-electron chi connectivity index (χ1n) is 10.6. The SMILES string of the molecule is CCCCCCSc1nnc2c(n1)OC(c1sccc1C)N(C(C)=O)c1ccccc1-2. The molecule has 1 atom stereocenters. The number of para-hydroxylation sites is 1. The number of anilines is 1. The van der Waals surface area contributed by atoms with Crippen LogP contribution >= 0.6 is 23.1 Å². The summed E-state index contributed by atoms with van der Waals surface area (Å²) in [6.07, 6.45) is 4.19. The fraction of sp³-hybridized carbons (Fsp3) is 0.391. The van der Waals surface area contributed by atoms with E-state index >= 15 is 0 Å². The Labute approximate surface area is 191 Å². The van der Waals surface area contributed by atoms with Crippen LogP contribution in [0.15, 0.2) is 40.9 Å². The van der Waals surface area contributed by atoms with Crippen molar-refractivity contribution in [3.63, 3.8) is 0 Å². The Bertz CT molecular complexity index is 1070. The lowest BCUT2D eigenvalue weighted by Crippen LogP contribution is -2.35. The predicted molar refractivity (Wildman–Crippen MR) is 126 cm³/mol. The first kappa shape index (κ1) is 21.8. The van der Waals surface area contributed by atoms with Crippen molar-refractivity contribution in [2.45, 2.75) is 57.8 Å². The number of hydrogen-bond donors (Lipinski definition) is 0. The number of carbonyl (C=O) groups excluding carboxylic acids is 1. The molecule has 0 fully saturated rings. The van der Waals surface area contributed by atoms with Crippen molar-refractivity contribution in [2.75, 3.05) is 10.7 Å². The van der Waals surface area contributed by atoms with Gasteiger partial charge in [0.2, 0.25) is 23.2 Å². The van der Waals surface area contributed by atoms with Crippen LogP contribution in [-0.2, 0) is 4.79 Å². The number of amides is 1. The number of hydrogen-bond acceptors (Lipinski definition) is 7. The molecule has 0 saturated carbocycles. The van der Waals surface area contributed by atoms with E-state index in [4.69, 9.17) is 9.72 Å². The molecule has 8 heteroatoms. The molecule has 1 unspecified atom stereocenters. The number of benzene rings is 1. The van der Waals surface area contributed by atoms with Crippen LogP contribution in [0.3, 0.4) is 0 Å². The Hall–Kier alpha value is -2.45. The molecule has 0 spiro atoms. The minimum Gasteiger partial charge on any atom is -0.446 e. The van der Waals surface area contributed by atoms with Crippen molar-refractivity contribution in [3.8, 4) is 17.1 Å². The molecule has 3 aromatic rings. The van der Waals surface area contributed by atoms with Crippen LogP contribution in [0.4, 0.5) is 5.69 Å². The average molecular weight is 455 g/mol. The summed E-state index contributed by atoms with van der Waals surface area (Å²) in [5.41, 5.74) is 3.19. The minimum atomic E-state index is -0.598. The summed E-state index contributed by atoms with van der Waals surface area (Å²) in [6, 6.07) is 9.73. The molecule has 0 aliphatic carbocycles. The average Bonchev–Trinajstić information content (AvgIpc) is 3.13. The number of thioether (sulfide) groups is 1. The van der Waals surface area contributed by atoms with E-state index in [1.54, 1.807) is 34.9 Å². The van der Waals surface area contributed by atoms with E-state index in [2.05, 4.69) is 17.1 Å². The normalized spacial score (nSPS) is 15.1. The zero-order chi connectivity index (χ0) is 21.8. The van der Waals surface area contributed by atoms with Crippen LogP contribution in [0.5, 0.6) is 5.88 Å². The number of rotatable bonds is 7. The zero-order valence-electron chi connectivity index (χ0n) is 18.0. The van der Waals surface area contributed by atoms with Gasteiger partial charge < -0.3 is 4.74 Å². The molecule has 162 valence electrons. The van der Waals surface area contributed by atoms with E-state index in [0.717, 1.165) is 33.9 Å². The second-order valence-corrected chi connectivity index (χ2v) is 9.51. The van der Waals surface area contributed by atoms with Crippen LogP contribution in [0.25, 0.3) is 11.3 Å². The fourth-order valence-corrected chi connectivity index (χ4v) is 5.33. The number of carbonyl (C=O) groups is 1. The number of thiophene rings is 1. The van der Waals surface area contributed by atoms with E-state index in [9.17, 15) is 4.79 Å². The highest BCUT2D eigenvalue weighted by atomic mass is 32.2. The van der Waals surface area contributed by atoms with Gasteiger partial charge in [0.25, 0.3) is 0 Å². The van der Waals surface area contributed by atoms with Gasteiger partial charge in [-0.2, -0.15) is 4.98 Å². The van der Waals surface area contributed by atoms with Gasteiger partial charge in [0, 0.05) is 18.2 Å². The van der Waals surface area contributed by atoms with Crippen molar-refractivity contribution in [2.24, 2.45) is 0 Å². The van der Waals surface area contributed by atoms with Crippen LogP contribution in [0.2, 0.25) is 0 Å². The number of aryl methyl sites for hydroxylation is 1. The van der Waals surface area contributed by atoms with Crippen LogP contribution in [0, 0.1) is 6.92 Å². The molecule has 0 N–H and O–H groups in total. The topological polar surface area (TPSA) is 68.2 Å². The lowest BCUT2D eigenvalue weighted by Gasteiger charge is -2.29. The fourth-order valence-electron chi connectivity index (χ4n) is 3.61. The number of fused-ring (bicyclic) bond motifs is 3. The van der Waals surface area contributed by atoms with E-state index < -0.39 is 6.23 Å². The lowest BCUT2D eigenvalue weighted by molar-refractivity contribution is -0.118. The highest BCUT2D eigenvalue weighted by Gasteiger charge is 2.35. The molecule has 3 heterocycles. The summed E-state index contributed by atoms with van der Waals surface area (Å²) in [5, 5.41) is 11.4. The first-order valence-corrected chi connectivity index (χ1v) is 12.4. The summed E-state index contributed by atoms with van der Waals surface area (Å²) in [6.45, 7) is 5.79. The summed E-state index contributed by atoms with van der Waals surface area (Å²) >= 11 is 3.17. The monoisotopic (exact) mass is 454 g/mol. The Balaban J connectivity index is 1.74. The molecule has 6 nitrogen and oxygen atoms in total. The van der Waals surface area contributed by atoms with Crippen molar-refractivity contribution in [1.29, 1.82) is 0 Å². The third-order valence-corrected chi connectivity index (χ3v) is 7.18. The van der Waals surface area contributed by atoms with Gasteiger partial charge >= 0.3 is 0 Å². The predicted octanol–water partition coefficient (Wildman–Crippen LogP) is 6.03. The molecule has 31 heavy (non-hydrogen) atoms. The maximum atomic E-state index is 12.8. The van der Waals surface area contributed by atoms with Crippen LogP contribution < -0.4 is 9.64 Å². The van der Waals surface area contributed by atoms with E-state index in [0.29, 0.717) is 16.7 Å². The molecule has 1 aliphatic heterocycles. The third kappa shape index (κ3) is 4.60. The number of nitrogens with zero attached hydrogens (tertiary/aromatic N) is 4. The largest absolute Gasteiger partial charge is 0.446 e. The molecule has 2 aromatic heterocycles. The minimum absolute atomic E-state index is 0.100. The second kappa shape index (κ2) is 9.78. The van der Waals surface area contributed by atoms with Gasteiger partial charge in [0.15, 0.2) is 5.69 Å². The van der Waals surface area contributed by atoms with E-state index in [1.807, 2.05) is 42.6 Å². The molecule has 4 rings (SSSR count). The number of ether oxygens (including phenoxy) is 1. The van der Waals surface area contributed by atoms with Gasteiger partial charge in [-0.05, 0) is 36.4 Å². The van der Waals surface area contributed by atoms with Gasteiger partial charge in [-0.1, -0.05) is 56.1 Å². The molecule has 1 aliphatic rings. The highest BCUT2D eigenvalue weighted by molar-refractivity contribution is 7.99. The highest BCUT2D eigenvalue weighted by Crippen LogP contribution is 2.44. The molecular weight excluding hydrogens is 428 g/mol. The second-order valence-electron chi connectivity index (χ2n) is 7.50. The van der Waals surface area contributed by atoms with Gasteiger partial charge in [0.1, 0.15) is 0 Å². The summed E-state index contributed by atoms with van der Waals surface area (Å²) < 4.78 is 6.41. The molecular formula is C23H26N4O2S2. The Morgan fingerprint density at radius 2 is 2.03 bits per heavy atom. The summed E-state index contributed by atoms with van der Waals surface area (Å²) in [7, 11) is 0. The van der Waals surface area contributed by atoms with Crippen molar-refractivity contribution in [3.05, 3.63) is 46.2 Å². The smallest absolute Gasteiger partial charge is 0.247 e. The number of aromatic nitrogens is 3. The van der Waals surface area contributed by atoms with Gasteiger partial charge in [-0.3, -0.25) is 9.69 Å². The Morgan fingerprint density at radius 3 is 2.77 bits per heavy atom. The third-order valence-electron chi connectivity index (χ3n) is 5.21. The number of unbranched alkanes of at least 4 members (excludes halogenated alkanes) is 3. The Morgan fingerprint density at radius 1 is 1.19 bits per heavy atom. The lowest BCUT2D eigenvalue weighted by atomic mass is 10.1. The van der Waals surface area contributed by atoms with Crippen LogP contribution in [-0.4, -0.2) is 26.8 Å². The molecule has 1 aromatic carbocycles. The van der Waals surface area contributed by atoms with Crippen molar-refractivity contribution < 1.29 is 9.53 Å². The van der Waals surface area contributed by atoms with Gasteiger partial charge in [-0.25, -0.2) is 0 Å². The molecule has 0 bridgehead atoms. The van der Waals surface area contributed by atoms with E-state index in [-0.39, 0.29) is 5.91 Å². The Kier molecular flexibility index (Phi) is 6.87.